The number of imide groups is 1. The number of hydrogen-bond acceptors (Lipinski definition) is 5. The molecule has 150 valence electrons. The lowest BCUT2D eigenvalue weighted by Gasteiger charge is -2.13. The highest BCUT2D eigenvalue weighted by atomic mass is 35.5. The Morgan fingerprint density at radius 1 is 1.10 bits per heavy atom. The van der Waals surface area contributed by atoms with Crippen LogP contribution in [-0.4, -0.2) is 33.6 Å². The lowest BCUT2D eigenvalue weighted by atomic mass is 10.1. The highest BCUT2D eigenvalue weighted by molar-refractivity contribution is 8.18. The van der Waals surface area contributed by atoms with Gasteiger partial charge in [0.05, 0.1) is 15.0 Å². The molecule has 0 aliphatic carbocycles. The molecule has 0 unspecified atom stereocenters. The predicted molar refractivity (Wildman–Crippen MR) is 115 cm³/mol. The highest BCUT2D eigenvalue weighted by Gasteiger charge is 2.36. The summed E-state index contributed by atoms with van der Waals surface area (Å²) in [5.74, 6) is -1.33. The van der Waals surface area contributed by atoms with E-state index in [4.69, 9.17) is 23.2 Å². The second-order valence-corrected chi connectivity index (χ2v) is 8.33. The maximum Gasteiger partial charge on any atom is 0.294 e. The fourth-order valence-corrected chi connectivity index (χ4v) is 4.19. The van der Waals surface area contributed by atoms with Crippen LogP contribution in [-0.2, 0) is 9.59 Å². The lowest BCUT2D eigenvalue weighted by Crippen LogP contribution is -2.36. The van der Waals surface area contributed by atoms with Gasteiger partial charge in [-0.25, -0.2) is 0 Å². The SMILES string of the molecule is Cc1cc(C)cc(NC(=O)CN2C(=O)S/C(=C\c3cc(Cl)c(O)c(Cl)c3)C2=O)c1. The molecule has 0 atom stereocenters. The average molecular weight is 451 g/mol. The Hall–Kier alpha value is -2.48. The zero-order valence-corrected chi connectivity index (χ0v) is 17.8. The molecule has 3 amide bonds. The molecule has 0 saturated carbocycles. The summed E-state index contributed by atoms with van der Waals surface area (Å²) in [4.78, 5) is 38.1. The quantitative estimate of drug-likeness (QED) is 0.640. The minimum atomic E-state index is -0.587. The molecule has 1 saturated heterocycles. The maximum absolute atomic E-state index is 12.6. The lowest BCUT2D eigenvalue weighted by molar-refractivity contribution is -0.127. The first-order chi connectivity index (χ1) is 13.6. The number of carbonyl (C=O) groups is 3. The number of carbonyl (C=O) groups excluding carboxylic acids is 3. The van der Waals surface area contributed by atoms with E-state index in [2.05, 4.69) is 5.32 Å². The molecule has 0 spiro atoms. The molecule has 3 rings (SSSR count). The molecular formula is C20H16Cl2N2O4S. The molecule has 2 aromatic rings. The first kappa shape index (κ1) is 21.2. The first-order valence-electron chi connectivity index (χ1n) is 8.45. The third-order valence-corrected chi connectivity index (χ3v) is 5.50. The topological polar surface area (TPSA) is 86.7 Å². The van der Waals surface area contributed by atoms with Crippen LogP contribution in [0.4, 0.5) is 10.5 Å². The number of phenols is 1. The van der Waals surface area contributed by atoms with Gasteiger partial charge >= 0.3 is 0 Å². The summed E-state index contributed by atoms with van der Waals surface area (Å²) in [6.07, 6.45) is 1.43. The molecule has 1 heterocycles. The van der Waals surface area contributed by atoms with Crippen LogP contribution in [0.1, 0.15) is 16.7 Å². The number of amides is 3. The second kappa shape index (κ2) is 8.49. The molecule has 2 N–H and O–H groups in total. The third-order valence-electron chi connectivity index (χ3n) is 4.02. The Balaban J connectivity index is 1.74. The van der Waals surface area contributed by atoms with Gasteiger partial charge in [0.1, 0.15) is 6.54 Å². The number of aryl methyl sites for hydroxylation is 2. The fraction of sp³-hybridized carbons (Fsp3) is 0.150. The summed E-state index contributed by atoms with van der Waals surface area (Å²) in [6.45, 7) is 3.42. The van der Waals surface area contributed by atoms with Gasteiger partial charge in [-0.2, -0.15) is 0 Å². The van der Waals surface area contributed by atoms with Crippen molar-refractivity contribution in [2.24, 2.45) is 0 Å². The Morgan fingerprint density at radius 3 is 2.28 bits per heavy atom. The Morgan fingerprint density at radius 2 is 1.69 bits per heavy atom. The third kappa shape index (κ3) is 4.93. The van der Waals surface area contributed by atoms with Gasteiger partial charge in [-0.15, -0.1) is 0 Å². The number of thioether (sulfide) groups is 1. The van der Waals surface area contributed by atoms with E-state index in [9.17, 15) is 19.5 Å². The normalized spacial score (nSPS) is 15.3. The summed E-state index contributed by atoms with van der Waals surface area (Å²) in [5.41, 5.74) is 3.02. The summed E-state index contributed by atoms with van der Waals surface area (Å²) < 4.78 is 0. The summed E-state index contributed by atoms with van der Waals surface area (Å²) in [7, 11) is 0. The Labute approximate surface area is 181 Å². The van der Waals surface area contributed by atoms with E-state index in [0.29, 0.717) is 23.0 Å². The minimum Gasteiger partial charge on any atom is -0.505 e. The van der Waals surface area contributed by atoms with Gasteiger partial charge in [0.25, 0.3) is 11.1 Å². The summed E-state index contributed by atoms with van der Waals surface area (Å²) >= 11 is 12.5. The number of nitrogens with zero attached hydrogens (tertiary/aromatic N) is 1. The predicted octanol–water partition coefficient (Wildman–Crippen LogP) is 4.99. The molecule has 1 aliphatic heterocycles. The van der Waals surface area contributed by atoms with Crippen LogP contribution < -0.4 is 5.32 Å². The minimum absolute atomic E-state index is 0.0239. The number of anilines is 1. The average Bonchev–Trinajstić information content (AvgIpc) is 2.86. The molecule has 1 fully saturated rings. The number of phenolic OH excluding ortho intramolecular Hbond substituents is 1. The van der Waals surface area contributed by atoms with Gasteiger partial charge in [0.2, 0.25) is 5.91 Å². The first-order valence-corrected chi connectivity index (χ1v) is 10.0. The molecule has 1 aliphatic rings. The Bertz CT molecular complexity index is 1030. The van der Waals surface area contributed by atoms with Gasteiger partial charge in [-0.1, -0.05) is 29.3 Å². The van der Waals surface area contributed by atoms with Crippen molar-refractivity contribution < 1.29 is 19.5 Å². The molecule has 2 aromatic carbocycles. The van der Waals surface area contributed by atoms with Crippen LogP contribution in [0.2, 0.25) is 10.0 Å². The van der Waals surface area contributed by atoms with Gasteiger partial charge in [0, 0.05) is 5.69 Å². The van der Waals surface area contributed by atoms with E-state index < -0.39 is 23.6 Å². The number of hydrogen-bond donors (Lipinski definition) is 2. The second-order valence-electron chi connectivity index (χ2n) is 6.53. The zero-order valence-electron chi connectivity index (χ0n) is 15.5. The molecule has 9 heteroatoms. The van der Waals surface area contributed by atoms with Gasteiger partial charge in [0.15, 0.2) is 5.75 Å². The molecule has 0 bridgehead atoms. The molecule has 0 aromatic heterocycles. The smallest absolute Gasteiger partial charge is 0.294 e. The number of benzene rings is 2. The fourth-order valence-electron chi connectivity index (χ4n) is 2.85. The van der Waals surface area contributed by atoms with E-state index in [-0.39, 0.29) is 20.7 Å². The molecule has 6 nitrogen and oxygen atoms in total. The summed E-state index contributed by atoms with van der Waals surface area (Å²) in [5, 5.41) is 11.8. The number of rotatable bonds is 4. The van der Waals surface area contributed by atoms with Crippen molar-refractivity contribution in [3.63, 3.8) is 0 Å². The maximum atomic E-state index is 12.6. The molecule has 29 heavy (non-hydrogen) atoms. The van der Waals surface area contributed by atoms with E-state index in [0.717, 1.165) is 16.0 Å². The van der Waals surface area contributed by atoms with Crippen molar-refractivity contribution in [2.75, 3.05) is 11.9 Å². The largest absolute Gasteiger partial charge is 0.505 e. The van der Waals surface area contributed by atoms with Crippen molar-refractivity contribution >= 4 is 63.8 Å². The van der Waals surface area contributed by atoms with E-state index in [1.165, 1.54) is 18.2 Å². The van der Waals surface area contributed by atoms with Crippen LogP contribution >= 0.6 is 35.0 Å². The summed E-state index contributed by atoms with van der Waals surface area (Å²) in [6, 6.07) is 8.42. The van der Waals surface area contributed by atoms with Crippen LogP contribution in [0.5, 0.6) is 5.75 Å². The van der Waals surface area contributed by atoms with Crippen molar-refractivity contribution in [3.8, 4) is 5.75 Å². The monoisotopic (exact) mass is 450 g/mol. The Kier molecular flexibility index (Phi) is 6.21. The van der Waals surface area contributed by atoms with Crippen molar-refractivity contribution in [2.45, 2.75) is 13.8 Å². The van der Waals surface area contributed by atoms with Crippen LogP contribution in [0.15, 0.2) is 35.2 Å². The highest BCUT2D eigenvalue weighted by Crippen LogP contribution is 2.36. The van der Waals surface area contributed by atoms with Crippen LogP contribution in [0, 0.1) is 13.8 Å². The van der Waals surface area contributed by atoms with E-state index in [1.54, 1.807) is 12.1 Å². The number of aromatic hydroxyl groups is 1. The van der Waals surface area contributed by atoms with Gasteiger partial charge in [-0.05, 0) is 72.6 Å². The van der Waals surface area contributed by atoms with Crippen molar-refractivity contribution in [1.29, 1.82) is 0 Å². The van der Waals surface area contributed by atoms with Gasteiger partial charge < -0.3 is 10.4 Å². The van der Waals surface area contributed by atoms with Gasteiger partial charge in [-0.3, -0.25) is 19.3 Å². The van der Waals surface area contributed by atoms with Crippen LogP contribution in [0.25, 0.3) is 6.08 Å². The van der Waals surface area contributed by atoms with Crippen molar-refractivity contribution in [3.05, 3.63) is 62.0 Å². The van der Waals surface area contributed by atoms with E-state index >= 15 is 0 Å². The molecule has 0 radical (unpaired) electrons. The van der Waals surface area contributed by atoms with Crippen LogP contribution in [0.3, 0.4) is 0 Å². The van der Waals surface area contributed by atoms with Crippen molar-refractivity contribution in [1.82, 2.24) is 4.90 Å². The zero-order chi connectivity index (χ0) is 21.3. The number of halogens is 2. The number of nitrogens with one attached hydrogen (secondary N) is 1. The standard InChI is InChI=1S/C20H16Cl2N2O4S/c1-10-3-11(2)5-13(4-10)23-17(25)9-24-19(27)16(29-20(24)28)8-12-6-14(21)18(26)15(22)7-12/h3-8,26H,9H2,1-2H3,(H,23,25)/b16-8-. The molecular weight excluding hydrogens is 435 g/mol. The van der Waals surface area contributed by atoms with E-state index in [1.807, 2.05) is 19.9 Å².